The monoisotopic (exact) mass is 534 g/mol. The maximum absolute atomic E-state index is 14.1. The Morgan fingerprint density at radius 2 is 1.56 bits per heavy atom. The highest BCUT2D eigenvalue weighted by Gasteiger charge is 2.42. The molecule has 208 valence electrons. The summed E-state index contributed by atoms with van der Waals surface area (Å²) in [5.74, 6) is 0.593. The van der Waals surface area contributed by atoms with Crippen LogP contribution in [-0.2, 0) is 25.7 Å². The molecule has 39 heavy (non-hydrogen) atoms. The van der Waals surface area contributed by atoms with Crippen LogP contribution in [0.4, 0.5) is 4.79 Å². The summed E-state index contributed by atoms with van der Waals surface area (Å²) in [6, 6.07) is 13.5. The molecule has 9 heteroatoms. The van der Waals surface area contributed by atoms with E-state index in [1.807, 2.05) is 30.3 Å². The maximum atomic E-state index is 14.1. The molecule has 0 spiro atoms. The van der Waals surface area contributed by atoms with E-state index in [2.05, 4.69) is 16.6 Å². The minimum Gasteiger partial charge on any atom is -0.444 e. The van der Waals surface area contributed by atoms with E-state index >= 15 is 0 Å². The van der Waals surface area contributed by atoms with E-state index in [1.165, 1.54) is 4.90 Å². The van der Waals surface area contributed by atoms with Gasteiger partial charge in [-0.3, -0.25) is 14.4 Å². The lowest BCUT2D eigenvalue weighted by molar-refractivity contribution is -0.149. The van der Waals surface area contributed by atoms with Gasteiger partial charge in [0, 0.05) is 17.6 Å². The van der Waals surface area contributed by atoms with Crippen molar-refractivity contribution < 1.29 is 23.9 Å². The van der Waals surface area contributed by atoms with Crippen molar-refractivity contribution in [3.05, 3.63) is 71.3 Å². The number of ether oxygens (including phenoxy) is 1. The quantitative estimate of drug-likeness (QED) is 0.425. The Balaban J connectivity index is 2.59. The molecule has 0 saturated carbocycles. The van der Waals surface area contributed by atoms with Gasteiger partial charge in [0.25, 0.3) is 0 Å². The summed E-state index contributed by atoms with van der Waals surface area (Å²) in [5, 5.41) is 5.37. The predicted molar refractivity (Wildman–Crippen MR) is 149 cm³/mol. The summed E-state index contributed by atoms with van der Waals surface area (Å²) in [6.45, 7) is 10.5. The Morgan fingerprint density at radius 1 is 0.974 bits per heavy atom. The molecule has 0 aliphatic carbocycles. The van der Waals surface area contributed by atoms with Crippen LogP contribution < -0.4 is 16.4 Å². The molecular weight excluding hydrogens is 496 g/mol. The molecule has 0 radical (unpaired) electrons. The molecule has 2 atom stereocenters. The van der Waals surface area contributed by atoms with Gasteiger partial charge in [-0.2, -0.15) is 0 Å². The number of nitrogens with zero attached hydrogens (tertiary/aromatic N) is 1. The zero-order chi connectivity index (χ0) is 29.4. The minimum atomic E-state index is -1.39. The highest BCUT2D eigenvalue weighted by Crippen LogP contribution is 2.32. The highest BCUT2D eigenvalue weighted by atomic mass is 16.6. The molecule has 2 aromatic rings. The molecule has 2 rings (SSSR count). The molecule has 2 unspecified atom stereocenters. The zero-order valence-electron chi connectivity index (χ0n) is 23.4. The Labute approximate surface area is 230 Å². The van der Waals surface area contributed by atoms with Crippen LogP contribution in [0.2, 0.25) is 0 Å². The van der Waals surface area contributed by atoms with Crippen molar-refractivity contribution in [3.8, 4) is 12.3 Å². The van der Waals surface area contributed by atoms with E-state index in [4.69, 9.17) is 16.9 Å². The Hall–Kier alpha value is -4.32. The van der Waals surface area contributed by atoms with Gasteiger partial charge in [-0.1, -0.05) is 54.5 Å². The number of alkyl carbamates (subject to hydrolysis) is 1. The van der Waals surface area contributed by atoms with E-state index in [1.54, 1.807) is 65.8 Å². The van der Waals surface area contributed by atoms with Crippen LogP contribution in [-0.4, -0.2) is 45.9 Å². The van der Waals surface area contributed by atoms with Crippen molar-refractivity contribution in [1.82, 2.24) is 15.5 Å². The number of hydrogen-bond acceptors (Lipinski definition) is 5. The molecule has 0 aliphatic rings. The topological polar surface area (TPSA) is 131 Å². The summed E-state index contributed by atoms with van der Waals surface area (Å²) < 4.78 is 5.30. The number of terminal acetylenes is 1. The van der Waals surface area contributed by atoms with Crippen LogP contribution in [0.15, 0.2) is 54.6 Å². The summed E-state index contributed by atoms with van der Waals surface area (Å²) in [4.78, 5) is 53.9. The molecule has 4 amide bonds. The van der Waals surface area contributed by atoms with Gasteiger partial charge in [-0.15, -0.1) is 6.42 Å². The SMILES string of the molecule is C#Cc1ccccc1C(C(=O)NCc1ccccc1)N(C(=O)C(CC(N)=O)NC(=O)OC(C)(C)C)C(C)(C)C. The first-order valence-electron chi connectivity index (χ1n) is 12.6. The number of carbonyl (C=O) groups is 4. The number of carbonyl (C=O) groups excluding carboxylic acids is 4. The Kier molecular flexibility index (Phi) is 10.3. The second-order valence-electron chi connectivity index (χ2n) is 11.1. The molecule has 0 bridgehead atoms. The van der Waals surface area contributed by atoms with Gasteiger partial charge >= 0.3 is 6.09 Å². The van der Waals surface area contributed by atoms with E-state index in [-0.39, 0.29) is 6.54 Å². The molecule has 0 fully saturated rings. The van der Waals surface area contributed by atoms with Gasteiger partial charge < -0.3 is 26.0 Å². The van der Waals surface area contributed by atoms with Gasteiger partial charge in [0.1, 0.15) is 17.7 Å². The Morgan fingerprint density at radius 3 is 2.10 bits per heavy atom. The minimum absolute atomic E-state index is 0.210. The van der Waals surface area contributed by atoms with E-state index in [0.29, 0.717) is 11.1 Å². The van der Waals surface area contributed by atoms with Crippen molar-refractivity contribution in [2.24, 2.45) is 5.73 Å². The summed E-state index contributed by atoms with van der Waals surface area (Å²) in [6.07, 6.45) is 4.37. The summed E-state index contributed by atoms with van der Waals surface area (Å²) in [7, 11) is 0. The number of benzene rings is 2. The van der Waals surface area contributed by atoms with Crippen LogP contribution in [0.1, 0.15) is 70.7 Å². The van der Waals surface area contributed by atoms with Gasteiger partial charge in [0.15, 0.2) is 0 Å². The highest BCUT2D eigenvalue weighted by molar-refractivity contribution is 5.95. The first kappa shape index (κ1) is 30.9. The van der Waals surface area contributed by atoms with Crippen molar-refractivity contribution in [1.29, 1.82) is 0 Å². The third-order valence-corrected chi connectivity index (χ3v) is 5.58. The smallest absolute Gasteiger partial charge is 0.408 e. The number of hydrogen-bond donors (Lipinski definition) is 3. The van der Waals surface area contributed by atoms with Crippen molar-refractivity contribution >= 4 is 23.8 Å². The van der Waals surface area contributed by atoms with Crippen LogP contribution >= 0.6 is 0 Å². The molecule has 4 N–H and O–H groups in total. The third-order valence-electron chi connectivity index (χ3n) is 5.58. The van der Waals surface area contributed by atoms with Crippen molar-refractivity contribution in [2.45, 2.75) is 77.7 Å². The Bertz CT molecular complexity index is 1220. The number of nitrogens with one attached hydrogen (secondary N) is 2. The molecule has 0 heterocycles. The van der Waals surface area contributed by atoms with Gasteiger partial charge in [0.05, 0.1) is 6.42 Å². The van der Waals surface area contributed by atoms with E-state index in [0.717, 1.165) is 5.56 Å². The lowest BCUT2D eigenvalue weighted by atomic mass is 9.92. The molecule has 0 aliphatic heterocycles. The number of primary amides is 1. The second-order valence-corrected chi connectivity index (χ2v) is 11.1. The van der Waals surface area contributed by atoms with Crippen molar-refractivity contribution in [2.75, 3.05) is 0 Å². The molecule has 0 saturated heterocycles. The second kappa shape index (κ2) is 13.0. The fraction of sp³-hybridized carbons (Fsp3) is 0.400. The molecule has 0 aromatic heterocycles. The van der Waals surface area contributed by atoms with Crippen LogP contribution in [0, 0.1) is 12.3 Å². The fourth-order valence-corrected chi connectivity index (χ4v) is 4.01. The first-order chi connectivity index (χ1) is 18.1. The van der Waals surface area contributed by atoms with Gasteiger partial charge in [-0.05, 0) is 58.7 Å². The van der Waals surface area contributed by atoms with E-state index in [9.17, 15) is 19.2 Å². The standard InChI is InChI=1S/C30H38N4O5/c1-8-21-16-12-13-17-22(21)25(26(36)32-19-20-14-10-9-11-15-20)34(29(2,3)4)27(37)23(18-24(31)35)33-28(38)39-30(5,6)7/h1,9-17,23,25H,18-19H2,2-7H3,(H2,31,35)(H,32,36)(H,33,38). The maximum Gasteiger partial charge on any atom is 0.408 e. The van der Waals surface area contributed by atoms with Crippen LogP contribution in [0.3, 0.4) is 0 Å². The number of amides is 4. The fourth-order valence-electron chi connectivity index (χ4n) is 4.01. The lowest BCUT2D eigenvalue weighted by Gasteiger charge is -2.43. The normalized spacial score (nSPS) is 12.8. The van der Waals surface area contributed by atoms with Gasteiger partial charge in [-0.25, -0.2) is 4.79 Å². The van der Waals surface area contributed by atoms with Crippen LogP contribution in [0.25, 0.3) is 0 Å². The first-order valence-corrected chi connectivity index (χ1v) is 12.6. The molecule has 2 aromatic carbocycles. The third kappa shape index (κ3) is 9.18. The van der Waals surface area contributed by atoms with Crippen molar-refractivity contribution in [3.63, 3.8) is 0 Å². The predicted octanol–water partition coefficient (Wildman–Crippen LogP) is 3.42. The molecular formula is C30H38N4O5. The zero-order valence-corrected chi connectivity index (χ0v) is 23.4. The summed E-state index contributed by atoms with van der Waals surface area (Å²) >= 11 is 0. The summed E-state index contributed by atoms with van der Waals surface area (Å²) in [5.41, 5.74) is 5.34. The molecule has 9 nitrogen and oxygen atoms in total. The van der Waals surface area contributed by atoms with Gasteiger partial charge in [0.2, 0.25) is 17.7 Å². The average molecular weight is 535 g/mol. The lowest BCUT2D eigenvalue weighted by Crippen LogP contribution is -2.59. The number of rotatable bonds is 9. The largest absolute Gasteiger partial charge is 0.444 e. The van der Waals surface area contributed by atoms with E-state index < -0.39 is 53.5 Å². The average Bonchev–Trinajstić information content (AvgIpc) is 2.83. The van der Waals surface area contributed by atoms with Crippen LogP contribution in [0.5, 0.6) is 0 Å². The number of nitrogens with two attached hydrogens (primary N) is 1.